The number of hydrogen-bond acceptors (Lipinski definition) is 5. The molecule has 148 valence electrons. The molecule has 0 aromatic heterocycles. The number of piperazine rings is 1. The van der Waals surface area contributed by atoms with Crippen LogP contribution in [0.2, 0.25) is 0 Å². The predicted octanol–water partition coefficient (Wildman–Crippen LogP) is 3.91. The van der Waals surface area contributed by atoms with Crippen molar-refractivity contribution in [1.82, 2.24) is 9.80 Å². The number of ether oxygens (including phenoxy) is 2. The topological polar surface area (TPSA) is 59.1 Å². The Balaban J connectivity index is 1.92. The lowest BCUT2D eigenvalue weighted by Gasteiger charge is -2.36. The molecule has 0 aliphatic carbocycles. The molecule has 1 saturated heterocycles. The molecule has 0 atom stereocenters. The van der Waals surface area contributed by atoms with E-state index in [1.54, 1.807) is 17.0 Å². The Morgan fingerprint density at radius 3 is 2.30 bits per heavy atom. The van der Waals surface area contributed by atoms with Crippen molar-refractivity contribution in [2.24, 2.45) is 0 Å². The quantitative estimate of drug-likeness (QED) is 0.505. The predicted molar refractivity (Wildman–Crippen MR) is 112 cm³/mol. The molecule has 0 unspecified atom stereocenters. The van der Waals surface area contributed by atoms with Crippen molar-refractivity contribution in [3.8, 4) is 5.75 Å². The van der Waals surface area contributed by atoms with Gasteiger partial charge >= 0.3 is 6.09 Å². The maximum Gasteiger partial charge on any atom is 0.410 e. The third-order valence-corrected chi connectivity index (χ3v) is 5.09. The van der Waals surface area contributed by atoms with Crippen molar-refractivity contribution in [3.63, 3.8) is 0 Å². The normalized spacial score (nSPS) is 14.7. The number of hydrogen-bond donors (Lipinski definition) is 0. The summed E-state index contributed by atoms with van der Waals surface area (Å²) in [6.07, 6.45) is -0.183. The molecule has 6 nitrogen and oxygen atoms in total. The third kappa shape index (κ3) is 5.90. The van der Waals surface area contributed by atoms with Crippen LogP contribution in [0, 0.1) is 0 Å². The van der Waals surface area contributed by atoms with Crippen molar-refractivity contribution in [3.05, 3.63) is 28.2 Å². The second-order valence-corrected chi connectivity index (χ2v) is 8.59. The van der Waals surface area contributed by atoms with Crippen LogP contribution in [-0.2, 0) is 4.74 Å². The van der Waals surface area contributed by atoms with E-state index in [0.29, 0.717) is 42.5 Å². The summed E-state index contributed by atoms with van der Waals surface area (Å²) in [7, 11) is 1.53. The molecule has 1 aromatic rings. The van der Waals surface area contributed by atoms with Gasteiger partial charge in [-0.3, -0.25) is 4.79 Å². The van der Waals surface area contributed by atoms with Crippen molar-refractivity contribution < 1.29 is 19.1 Å². The molecule has 2 rings (SSSR count). The van der Waals surface area contributed by atoms with Gasteiger partial charge in [-0.2, -0.15) is 0 Å². The van der Waals surface area contributed by atoms with E-state index in [4.69, 9.17) is 21.7 Å². The minimum Gasteiger partial charge on any atom is -0.495 e. The first kappa shape index (κ1) is 21.6. The molecule has 0 N–H and O–H groups in total. The van der Waals surface area contributed by atoms with Gasteiger partial charge in [0.15, 0.2) is 5.78 Å². The van der Waals surface area contributed by atoms with Gasteiger partial charge in [0.05, 0.1) is 28.6 Å². The summed E-state index contributed by atoms with van der Waals surface area (Å²) in [4.78, 5) is 29.0. The number of benzene rings is 1. The molecule has 27 heavy (non-hydrogen) atoms. The summed E-state index contributed by atoms with van der Waals surface area (Å²) >= 11 is 8.86. The van der Waals surface area contributed by atoms with Crippen LogP contribution in [0.25, 0.3) is 0 Å². The second-order valence-electron chi connectivity index (χ2n) is 7.27. The van der Waals surface area contributed by atoms with Gasteiger partial charge in [-0.1, -0.05) is 18.3 Å². The smallest absolute Gasteiger partial charge is 0.410 e. The van der Waals surface area contributed by atoms with E-state index in [9.17, 15) is 9.59 Å². The van der Waals surface area contributed by atoms with Crippen LogP contribution < -0.4 is 4.74 Å². The zero-order valence-electron chi connectivity index (χ0n) is 16.1. The van der Waals surface area contributed by atoms with Gasteiger partial charge in [-0.15, -0.1) is 0 Å². The first-order valence-electron chi connectivity index (χ1n) is 8.74. The zero-order valence-corrected chi connectivity index (χ0v) is 18.5. The summed E-state index contributed by atoms with van der Waals surface area (Å²) < 4.78 is 11.4. The maximum atomic E-state index is 12.7. The summed E-state index contributed by atoms with van der Waals surface area (Å²) in [5.41, 5.74) is -0.0134. The van der Waals surface area contributed by atoms with Gasteiger partial charge in [-0.05, 0) is 48.8 Å². The Morgan fingerprint density at radius 2 is 1.74 bits per heavy atom. The molecule has 0 spiro atoms. The Kier molecular flexibility index (Phi) is 7.22. The molecule has 1 heterocycles. The van der Waals surface area contributed by atoms with Gasteiger partial charge < -0.3 is 19.3 Å². The van der Waals surface area contributed by atoms with Crippen molar-refractivity contribution in [1.29, 1.82) is 0 Å². The zero-order chi connectivity index (χ0) is 20.2. The summed E-state index contributed by atoms with van der Waals surface area (Å²) in [6, 6.07) is 5.35. The highest BCUT2D eigenvalue weighted by Crippen LogP contribution is 2.29. The van der Waals surface area contributed by atoms with Crippen LogP contribution in [0.4, 0.5) is 4.79 Å². The lowest BCUT2D eigenvalue weighted by atomic mass is 10.1. The van der Waals surface area contributed by atoms with E-state index < -0.39 is 5.60 Å². The average molecular weight is 457 g/mol. The Labute approximate surface area is 173 Å². The minimum atomic E-state index is -0.515. The molecule has 1 aromatic carbocycles. The van der Waals surface area contributed by atoms with Crippen LogP contribution in [0.15, 0.2) is 22.7 Å². The van der Waals surface area contributed by atoms with E-state index in [0.717, 1.165) is 4.47 Å². The van der Waals surface area contributed by atoms with Crippen molar-refractivity contribution in [2.45, 2.75) is 32.8 Å². The number of amides is 1. The summed E-state index contributed by atoms with van der Waals surface area (Å²) in [6.45, 7) is 7.74. The molecule has 0 saturated carbocycles. The second kappa shape index (κ2) is 9.01. The number of thiocarbonyl (C=S) groups is 1. The molecule has 0 radical (unpaired) electrons. The molecule has 1 fully saturated rings. The van der Waals surface area contributed by atoms with Gasteiger partial charge in [0, 0.05) is 26.2 Å². The van der Waals surface area contributed by atoms with Gasteiger partial charge in [0.25, 0.3) is 0 Å². The van der Waals surface area contributed by atoms with E-state index in [-0.39, 0.29) is 18.3 Å². The van der Waals surface area contributed by atoms with E-state index in [1.807, 2.05) is 31.7 Å². The SMILES string of the molecule is COc1c(Br)cccc1C(=O)CC(=S)N1CCN(C(=O)OC(C)(C)C)CC1. The number of halogens is 1. The number of rotatable bonds is 4. The standard InChI is InChI=1S/C19H25BrN2O4S/c1-19(2,3)26-18(24)22-10-8-21(9-11-22)16(27)12-15(23)13-6-5-7-14(20)17(13)25-4/h5-7H,8-12H2,1-4H3. The van der Waals surface area contributed by atoms with Crippen molar-refractivity contribution in [2.75, 3.05) is 33.3 Å². The molecule has 1 aliphatic rings. The van der Waals surface area contributed by atoms with Gasteiger partial charge in [0.1, 0.15) is 11.4 Å². The minimum absolute atomic E-state index is 0.0901. The molecular weight excluding hydrogens is 432 g/mol. The van der Waals surface area contributed by atoms with E-state index >= 15 is 0 Å². The largest absolute Gasteiger partial charge is 0.495 e. The molecule has 1 aliphatic heterocycles. The Hall–Kier alpha value is -1.67. The van der Waals surface area contributed by atoms with Crippen LogP contribution in [0.3, 0.4) is 0 Å². The highest BCUT2D eigenvalue weighted by molar-refractivity contribution is 9.10. The molecule has 0 bridgehead atoms. The lowest BCUT2D eigenvalue weighted by molar-refractivity contribution is 0.0187. The Bertz CT molecular complexity index is 725. The molecule has 1 amide bonds. The fourth-order valence-electron chi connectivity index (χ4n) is 2.75. The lowest BCUT2D eigenvalue weighted by Crippen LogP contribution is -2.51. The maximum absolute atomic E-state index is 12.7. The number of nitrogens with zero attached hydrogens (tertiary/aromatic N) is 2. The number of ketones is 1. The van der Waals surface area contributed by atoms with Gasteiger partial charge in [0.2, 0.25) is 0 Å². The number of carbonyl (C=O) groups excluding carboxylic acids is 2. The number of carbonyl (C=O) groups is 2. The summed E-state index contributed by atoms with van der Waals surface area (Å²) in [5.74, 6) is 0.424. The summed E-state index contributed by atoms with van der Waals surface area (Å²) in [5, 5.41) is 0. The first-order valence-corrected chi connectivity index (χ1v) is 9.94. The molecule has 8 heteroatoms. The third-order valence-electron chi connectivity index (χ3n) is 4.07. The highest BCUT2D eigenvalue weighted by Gasteiger charge is 2.27. The van der Waals surface area contributed by atoms with Crippen LogP contribution in [-0.4, -0.2) is 65.6 Å². The van der Waals surface area contributed by atoms with Crippen LogP contribution >= 0.6 is 28.1 Å². The average Bonchev–Trinajstić information content (AvgIpc) is 2.60. The fraction of sp³-hybridized carbons (Fsp3) is 0.526. The monoisotopic (exact) mass is 456 g/mol. The van der Waals surface area contributed by atoms with Crippen molar-refractivity contribution >= 4 is 45.0 Å². The van der Waals surface area contributed by atoms with Crippen LogP contribution in [0.5, 0.6) is 5.75 Å². The Morgan fingerprint density at radius 1 is 1.15 bits per heavy atom. The highest BCUT2D eigenvalue weighted by atomic mass is 79.9. The fourth-order valence-corrected chi connectivity index (χ4v) is 3.59. The number of methoxy groups -OCH3 is 1. The molecular formula is C19H25BrN2O4S. The van der Waals surface area contributed by atoms with Gasteiger partial charge in [-0.25, -0.2) is 4.79 Å². The van der Waals surface area contributed by atoms with E-state index in [1.165, 1.54) is 7.11 Å². The number of Topliss-reactive ketones (excluding diaryl/α,β-unsaturated/α-hetero) is 1. The van der Waals surface area contributed by atoms with Crippen LogP contribution in [0.1, 0.15) is 37.6 Å². The number of para-hydroxylation sites is 1. The van der Waals surface area contributed by atoms with E-state index in [2.05, 4.69) is 15.9 Å². The first-order chi connectivity index (χ1) is 12.6.